The molecule has 34 heavy (non-hydrogen) atoms. The van der Waals surface area contributed by atoms with Gasteiger partial charge in [-0.2, -0.15) is 0 Å². The fourth-order valence-electron chi connectivity index (χ4n) is 5.02. The van der Waals surface area contributed by atoms with E-state index < -0.39 is 0 Å². The van der Waals surface area contributed by atoms with Crippen LogP contribution < -0.4 is 10.6 Å². The zero-order chi connectivity index (χ0) is 23.7. The van der Waals surface area contributed by atoms with Crippen LogP contribution in [0.15, 0.2) is 97.1 Å². The van der Waals surface area contributed by atoms with E-state index >= 15 is 0 Å². The van der Waals surface area contributed by atoms with Crippen molar-refractivity contribution in [2.24, 2.45) is 0 Å². The molecule has 0 bridgehead atoms. The van der Waals surface area contributed by atoms with Crippen LogP contribution >= 0.6 is 0 Å². The van der Waals surface area contributed by atoms with Gasteiger partial charge in [0.1, 0.15) is 0 Å². The zero-order valence-corrected chi connectivity index (χ0v) is 20.5. The highest BCUT2D eigenvalue weighted by Crippen LogP contribution is 2.43. The quantitative estimate of drug-likeness (QED) is 0.342. The summed E-state index contributed by atoms with van der Waals surface area (Å²) in [4.78, 5) is 0. The van der Waals surface area contributed by atoms with Crippen LogP contribution in [-0.4, -0.2) is 0 Å². The van der Waals surface area contributed by atoms with Crippen LogP contribution in [0.1, 0.15) is 68.7 Å². The molecule has 2 nitrogen and oxygen atoms in total. The summed E-state index contributed by atoms with van der Waals surface area (Å²) in [6.45, 7) is 8.60. The molecule has 5 rings (SSSR count). The molecule has 4 atom stereocenters. The van der Waals surface area contributed by atoms with E-state index in [2.05, 4.69) is 135 Å². The van der Waals surface area contributed by atoms with Gasteiger partial charge >= 0.3 is 0 Å². The second kappa shape index (κ2) is 9.58. The Morgan fingerprint density at radius 2 is 0.500 bits per heavy atom. The van der Waals surface area contributed by atoms with Crippen molar-refractivity contribution in [2.75, 3.05) is 0 Å². The van der Waals surface area contributed by atoms with E-state index in [0.717, 1.165) is 0 Å². The van der Waals surface area contributed by atoms with Crippen molar-refractivity contribution in [2.45, 2.75) is 51.9 Å². The lowest BCUT2D eigenvalue weighted by atomic mass is 9.83. The topological polar surface area (TPSA) is 24.1 Å². The fourth-order valence-corrected chi connectivity index (χ4v) is 5.02. The molecule has 1 heterocycles. The van der Waals surface area contributed by atoms with Crippen molar-refractivity contribution in [3.63, 3.8) is 0 Å². The van der Waals surface area contributed by atoms with Crippen LogP contribution in [0.25, 0.3) is 0 Å². The first-order valence-electron chi connectivity index (χ1n) is 12.3. The summed E-state index contributed by atoms with van der Waals surface area (Å²) in [6, 6.07) is 36.5. The molecule has 0 radical (unpaired) electrons. The SMILES string of the molecule is Cc1ccc(C2NC(c3ccc(C)cc3)C(c3ccc(C)cc3)NC2c2ccc(C)cc2)cc1. The fraction of sp³-hybridized carbons (Fsp3) is 0.250. The van der Waals surface area contributed by atoms with Crippen LogP contribution in [0.3, 0.4) is 0 Å². The maximum absolute atomic E-state index is 4.09. The molecule has 0 saturated carbocycles. The minimum atomic E-state index is 0.149. The Morgan fingerprint density at radius 1 is 0.324 bits per heavy atom. The van der Waals surface area contributed by atoms with Crippen molar-refractivity contribution < 1.29 is 0 Å². The minimum Gasteiger partial charge on any atom is -0.300 e. The average Bonchev–Trinajstić information content (AvgIpc) is 2.85. The van der Waals surface area contributed by atoms with Gasteiger partial charge in [-0.1, -0.05) is 119 Å². The summed E-state index contributed by atoms with van der Waals surface area (Å²) < 4.78 is 0. The van der Waals surface area contributed by atoms with Crippen molar-refractivity contribution in [3.05, 3.63) is 142 Å². The van der Waals surface area contributed by atoms with Crippen molar-refractivity contribution in [3.8, 4) is 0 Å². The van der Waals surface area contributed by atoms with Gasteiger partial charge in [-0.3, -0.25) is 10.6 Å². The first-order valence-corrected chi connectivity index (χ1v) is 12.3. The van der Waals surface area contributed by atoms with Gasteiger partial charge in [-0.25, -0.2) is 0 Å². The van der Waals surface area contributed by atoms with Crippen molar-refractivity contribution in [1.29, 1.82) is 0 Å². The maximum Gasteiger partial charge on any atom is 0.0523 e. The minimum absolute atomic E-state index is 0.149. The lowest BCUT2D eigenvalue weighted by molar-refractivity contribution is 0.212. The van der Waals surface area contributed by atoms with Gasteiger partial charge in [-0.05, 0) is 49.9 Å². The standard InChI is InChI=1S/C32H34N2/c1-21-5-13-25(14-6-21)29-30(26-15-7-22(2)8-16-26)34-32(28-19-11-24(4)12-20-28)31(33-29)27-17-9-23(3)10-18-27/h5-20,29-34H,1-4H3. The molecule has 0 aliphatic carbocycles. The zero-order valence-electron chi connectivity index (χ0n) is 20.5. The highest BCUT2D eigenvalue weighted by atomic mass is 15.2. The molecule has 1 aliphatic rings. The lowest BCUT2D eigenvalue weighted by Crippen LogP contribution is -2.49. The van der Waals surface area contributed by atoms with Crippen LogP contribution in [0, 0.1) is 27.7 Å². The smallest absolute Gasteiger partial charge is 0.0523 e. The van der Waals surface area contributed by atoms with Crippen molar-refractivity contribution >= 4 is 0 Å². The predicted octanol–water partition coefficient (Wildman–Crippen LogP) is 7.38. The van der Waals surface area contributed by atoms with E-state index in [1.54, 1.807) is 0 Å². The molecular formula is C32H34N2. The molecule has 1 saturated heterocycles. The second-order valence-electron chi connectivity index (χ2n) is 9.89. The average molecular weight is 447 g/mol. The Labute approximate surface area is 204 Å². The van der Waals surface area contributed by atoms with Gasteiger partial charge in [0.15, 0.2) is 0 Å². The van der Waals surface area contributed by atoms with E-state index in [9.17, 15) is 0 Å². The van der Waals surface area contributed by atoms with Gasteiger partial charge in [0.05, 0.1) is 24.2 Å². The Morgan fingerprint density at radius 3 is 0.676 bits per heavy atom. The van der Waals surface area contributed by atoms with Gasteiger partial charge in [-0.15, -0.1) is 0 Å². The summed E-state index contributed by atoms with van der Waals surface area (Å²) in [5.41, 5.74) is 10.4. The van der Waals surface area contributed by atoms with Crippen LogP contribution in [-0.2, 0) is 0 Å². The Hall–Kier alpha value is -3.20. The second-order valence-corrected chi connectivity index (χ2v) is 9.89. The summed E-state index contributed by atoms with van der Waals surface area (Å²) in [7, 11) is 0. The van der Waals surface area contributed by atoms with Gasteiger partial charge in [0.25, 0.3) is 0 Å². The van der Waals surface area contributed by atoms with E-state index in [1.165, 1.54) is 44.5 Å². The number of hydrogen-bond donors (Lipinski definition) is 2. The third-order valence-corrected chi connectivity index (χ3v) is 7.13. The van der Waals surface area contributed by atoms with E-state index in [4.69, 9.17) is 0 Å². The van der Waals surface area contributed by atoms with Gasteiger partial charge in [0.2, 0.25) is 0 Å². The molecule has 0 aromatic heterocycles. The third-order valence-electron chi connectivity index (χ3n) is 7.13. The number of rotatable bonds is 4. The van der Waals surface area contributed by atoms with Crippen LogP contribution in [0.5, 0.6) is 0 Å². The Bertz CT molecular complexity index is 1020. The number of hydrogen-bond acceptors (Lipinski definition) is 2. The molecular weight excluding hydrogens is 412 g/mol. The van der Waals surface area contributed by atoms with Crippen molar-refractivity contribution in [1.82, 2.24) is 10.6 Å². The molecule has 2 heteroatoms. The summed E-state index contributed by atoms with van der Waals surface area (Å²) in [6.07, 6.45) is 0. The molecule has 172 valence electrons. The van der Waals surface area contributed by atoms with Gasteiger partial charge < -0.3 is 0 Å². The Kier molecular flexibility index (Phi) is 6.36. The molecule has 4 unspecified atom stereocenters. The summed E-state index contributed by atoms with van der Waals surface area (Å²) >= 11 is 0. The lowest BCUT2D eigenvalue weighted by Gasteiger charge is -2.45. The maximum atomic E-state index is 4.09. The molecule has 4 aromatic carbocycles. The predicted molar refractivity (Wildman–Crippen MR) is 142 cm³/mol. The highest BCUT2D eigenvalue weighted by molar-refractivity contribution is 5.37. The molecule has 0 spiro atoms. The highest BCUT2D eigenvalue weighted by Gasteiger charge is 2.39. The van der Waals surface area contributed by atoms with Gasteiger partial charge in [0, 0.05) is 0 Å². The van der Waals surface area contributed by atoms with Crippen LogP contribution in [0.2, 0.25) is 0 Å². The molecule has 1 aliphatic heterocycles. The molecule has 0 amide bonds. The molecule has 2 N–H and O–H groups in total. The monoisotopic (exact) mass is 446 g/mol. The number of benzene rings is 4. The number of piperazine rings is 1. The first-order chi connectivity index (χ1) is 16.5. The van der Waals surface area contributed by atoms with E-state index in [-0.39, 0.29) is 24.2 Å². The first kappa shape index (κ1) is 22.6. The van der Waals surface area contributed by atoms with E-state index in [0.29, 0.717) is 0 Å². The van der Waals surface area contributed by atoms with Crippen LogP contribution in [0.4, 0.5) is 0 Å². The largest absolute Gasteiger partial charge is 0.300 e. The number of nitrogens with one attached hydrogen (secondary N) is 2. The normalized spacial score (nSPS) is 22.5. The third kappa shape index (κ3) is 4.70. The molecule has 1 fully saturated rings. The molecule has 4 aromatic rings. The van der Waals surface area contributed by atoms with E-state index in [1.807, 2.05) is 0 Å². The number of aryl methyl sites for hydroxylation is 4. The summed E-state index contributed by atoms with van der Waals surface area (Å²) in [5.74, 6) is 0. The Balaban J connectivity index is 1.61. The summed E-state index contributed by atoms with van der Waals surface area (Å²) in [5, 5.41) is 8.18.